The van der Waals surface area contributed by atoms with Crippen LogP contribution in [0.4, 0.5) is 39.5 Å². The van der Waals surface area contributed by atoms with Crippen molar-refractivity contribution in [1.82, 2.24) is 0 Å². The molecule has 0 radical (unpaired) electrons. The predicted octanol–water partition coefficient (Wildman–Crippen LogP) is 9.89. The fourth-order valence-electron chi connectivity index (χ4n) is 4.88. The smallest absolute Gasteiger partial charge is 0.427 e. The Labute approximate surface area is 210 Å². The van der Waals surface area contributed by atoms with Gasteiger partial charge < -0.3 is 4.74 Å². The summed E-state index contributed by atoms with van der Waals surface area (Å²) in [6, 6.07) is 4.05. The largest absolute Gasteiger partial charge is 0.439 e. The summed E-state index contributed by atoms with van der Waals surface area (Å²) in [7, 11) is 0. The standard InChI is InChI=1S/C27H29F9O/c1-2-3-4-5-6-16-7-9-17(10-8-16)19-14-21(29)24(22(30)15-19)18-11-12-23(20(28)13-18)37-27(35,36)25(31)26(32,33)34/h11-17,25H,2-10H2,1H3. The van der Waals surface area contributed by atoms with Crippen molar-refractivity contribution in [3.8, 4) is 16.9 Å². The van der Waals surface area contributed by atoms with Gasteiger partial charge in [-0.05, 0) is 72.9 Å². The first-order valence-corrected chi connectivity index (χ1v) is 12.4. The molecule has 0 spiro atoms. The highest BCUT2D eigenvalue weighted by atomic mass is 19.4. The maximum Gasteiger partial charge on any atom is 0.439 e. The first kappa shape index (κ1) is 29.2. The third kappa shape index (κ3) is 7.35. The normalized spacial score (nSPS) is 19.6. The van der Waals surface area contributed by atoms with Crippen LogP contribution in [0.1, 0.15) is 76.2 Å². The van der Waals surface area contributed by atoms with Crippen molar-refractivity contribution in [2.45, 2.75) is 89.1 Å². The summed E-state index contributed by atoms with van der Waals surface area (Å²) in [6.45, 7) is 2.15. The van der Waals surface area contributed by atoms with Gasteiger partial charge in [-0.3, -0.25) is 0 Å². The van der Waals surface area contributed by atoms with Gasteiger partial charge in [0.05, 0.1) is 5.56 Å². The molecule has 10 heteroatoms. The molecule has 1 aliphatic carbocycles. The van der Waals surface area contributed by atoms with Crippen LogP contribution in [0.15, 0.2) is 30.3 Å². The molecule has 0 aromatic heterocycles. The van der Waals surface area contributed by atoms with Crippen molar-refractivity contribution in [2.75, 3.05) is 0 Å². The van der Waals surface area contributed by atoms with Crippen LogP contribution in [0.2, 0.25) is 0 Å². The minimum atomic E-state index is -5.94. The lowest BCUT2D eigenvalue weighted by Gasteiger charge is -2.29. The molecule has 1 nitrogen and oxygen atoms in total. The van der Waals surface area contributed by atoms with Crippen LogP contribution < -0.4 is 4.74 Å². The van der Waals surface area contributed by atoms with Crippen LogP contribution in [0.5, 0.6) is 5.75 Å². The number of hydrogen-bond donors (Lipinski definition) is 0. The maximum atomic E-state index is 14.9. The molecule has 0 bridgehead atoms. The first-order chi connectivity index (χ1) is 17.3. The molecule has 0 amide bonds. The minimum Gasteiger partial charge on any atom is -0.427 e. The molecule has 1 unspecified atom stereocenters. The zero-order valence-electron chi connectivity index (χ0n) is 20.3. The van der Waals surface area contributed by atoms with Crippen LogP contribution in [-0.4, -0.2) is 18.5 Å². The van der Waals surface area contributed by atoms with Crippen LogP contribution in [0.3, 0.4) is 0 Å². The lowest BCUT2D eigenvalue weighted by atomic mass is 9.76. The van der Waals surface area contributed by atoms with Gasteiger partial charge >= 0.3 is 12.3 Å². The van der Waals surface area contributed by atoms with Crippen molar-refractivity contribution in [1.29, 1.82) is 0 Å². The summed E-state index contributed by atoms with van der Waals surface area (Å²) < 4.78 is 125. The number of halogens is 9. The molecule has 206 valence electrons. The second-order valence-electron chi connectivity index (χ2n) is 9.64. The van der Waals surface area contributed by atoms with Crippen molar-refractivity contribution >= 4 is 0 Å². The van der Waals surface area contributed by atoms with Crippen LogP contribution in [-0.2, 0) is 0 Å². The molecule has 37 heavy (non-hydrogen) atoms. The summed E-state index contributed by atoms with van der Waals surface area (Å²) in [5.74, 6) is -4.44. The predicted molar refractivity (Wildman–Crippen MR) is 122 cm³/mol. The van der Waals surface area contributed by atoms with Gasteiger partial charge in [0, 0.05) is 0 Å². The number of benzene rings is 2. The highest BCUT2D eigenvalue weighted by Crippen LogP contribution is 2.41. The van der Waals surface area contributed by atoms with E-state index in [1.807, 2.05) is 0 Å². The van der Waals surface area contributed by atoms with Gasteiger partial charge in [-0.15, -0.1) is 0 Å². The van der Waals surface area contributed by atoms with Gasteiger partial charge in [-0.25, -0.2) is 17.6 Å². The molecule has 0 N–H and O–H groups in total. The molecule has 1 atom stereocenters. The van der Waals surface area contributed by atoms with Crippen molar-refractivity contribution in [2.24, 2.45) is 5.92 Å². The Morgan fingerprint density at radius 2 is 1.46 bits per heavy atom. The second kappa shape index (κ2) is 12.0. The minimum absolute atomic E-state index is 0.0260. The van der Waals surface area contributed by atoms with E-state index in [1.54, 1.807) is 0 Å². The molecule has 0 aliphatic heterocycles. The lowest BCUT2D eigenvalue weighted by molar-refractivity contribution is -0.305. The van der Waals surface area contributed by atoms with E-state index in [0.717, 1.165) is 50.3 Å². The van der Waals surface area contributed by atoms with E-state index in [9.17, 15) is 39.5 Å². The fraction of sp³-hybridized carbons (Fsp3) is 0.556. The van der Waals surface area contributed by atoms with E-state index < -0.39 is 47.2 Å². The highest BCUT2D eigenvalue weighted by Gasteiger charge is 2.59. The molecule has 2 aromatic rings. The molecule has 1 saturated carbocycles. The third-order valence-electron chi connectivity index (χ3n) is 6.90. The van der Waals surface area contributed by atoms with Crippen LogP contribution in [0, 0.1) is 23.4 Å². The zero-order chi connectivity index (χ0) is 27.4. The molecule has 3 rings (SSSR count). The van der Waals surface area contributed by atoms with Gasteiger partial charge in [0.15, 0.2) is 11.6 Å². The average Bonchev–Trinajstić information content (AvgIpc) is 2.82. The second-order valence-corrected chi connectivity index (χ2v) is 9.64. The topological polar surface area (TPSA) is 9.23 Å². The van der Waals surface area contributed by atoms with Gasteiger partial charge in [0.1, 0.15) is 11.6 Å². The first-order valence-electron chi connectivity index (χ1n) is 12.4. The van der Waals surface area contributed by atoms with E-state index in [2.05, 4.69) is 11.7 Å². The summed E-state index contributed by atoms with van der Waals surface area (Å²) >= 11 is 0. The number of unbranched alkanes of at least 4 members (excludes halogenated alkanes) is 3. The summed E-state index contributed by atoms with van der Waals surface area (Å²) in [5.41, 5.74) is -0.522. The van der Waals surface area contributed by atoms with Gasteiger partial charge in [-0.2, -0.15) is 22.0 Å². The zero-order valence-corrected chi connectivity index (χ0v) is 20.3. The summed E-state index contributed by atoms with van der Waals surface area (Å²) in [4.78, 5) is 0. The van der Waals surface area contributed by atoms with E-state index in [-0.39, 0.29) is 11.5 Å². The van der Waals surface area contributed by atoms with Crippen molar-refractivity contribution in [3.63, 3.8) is 0 Å². The fourth-order valence-corrected chi connectivity index (χ4v) is 4.88. The quantitative estimate of drug-likeness (QED) is 0.215. The number of rotatable bonds is 10. The van der Waals surface area contributed by atoms with Gasteiger partial charge in [0.25, 0.3) is 6.17 Å². The maximum absolute atomic E-state index is 14.9. The molecule has 0 heterocycles. The van der Waals surface area contributed by atoms with Gasteiger partial charge in [-0.1, -0.05) is 45.1 Å². The molecule has 0 saturated heterocycles. The molecule has 1 aliphatic rings. The molecular formula is C27H29F9O. The van der Waals surface area contributed by atoms with E-state index in [4.69, 9.17) is 0 Å². The van der Waals surface area contributed by atoms with E-state index >= 15 is 0 Å². The third-order valence-corrected chi connectivity index (χ3v) is 6.90. The van der Waals surface area contributed by atoms with E-state index in [0.29, 0.717) is 23.6 Å². The highest BCUT2D eigenvalue weighted by molar-refractivity contribution is 5.66. The Balaban J connectivity index is 1.71. The monoisotopic (exact) mass is 540 g/mol. The van der Waals surface area contributed by atoms with Crippen molar-refractivity contribution in [3.05, 3.63) is 53.3 Å². The lowest BCUT2D eigenvalue weighted by Crippen LogP contribution is -2.45. The van der Waals surface area contributed by atoms with E-state index in [1.165, 1.54) is 25.7 Å². The number of hydrogen-bond acceptors (Lipinski definition) is 1. The Morgan fingerprint density at radius 3 is 2.00 bits per heavy atom. The van der Waals surface area contributed by atoms with Crippen LogP contribution >= 0.6 is 0 Å². The molecule has 2 aromatic carbocycles. The van der Waals surface area contributed by atoms with Gasteiger partial charge in [0.2, 0.25) is 0 Å². The Hall–Kier alpha value is -2.39. The number of ether oxygens (including phenoxy) is 1. The van der Waals surface area contributed by atoms with Crippen LogP contribution in [0.25, 0.3) is 11.1 Å². The number of alkyl halides is 6. The Morgan fingerprint density at radius 1 is 0.838 bits per heavy atom. The molecule has 1 fully saturated rings. The van der Waals surface area contributed by atoms with Crippen molar-refractivity contribution < 1.29 is 44.3 Å². The summed E-state index contributed by atoms with van der Waals surface area (Å²) in [6.07, 6.45) is -6.63. The SMILES string of the molecule is CCCCCCC1CCC(c2cc(F)c(-c3ccc(OC(F)(F)C(F)C(F)(F)F)c(F)c3)c(F)c2)CC1. The summed E-state index contributed by atoms with van der Waals surface area (Å²) in [5, 5.41) is 0. The Kier molecular flexibility index (Phi) is 9.45. The average molecular weight is 541 g/mol. The molecular weight excluding hydrogens is 511 g/mol. The Bertz CT molecular complexity index is 1020.